The Labute approximate surface area is 160 Å². The molecule has 5 nitrogen and oxygen atoms in total. The molecular formula is C22H25N3O2. The molecule has 1 heterocycles. The van der Waals surface area contributed by atoms with Crippen LogP contribution in [0.25, 0.3) is 22.6 Å². The van der Waals surface area contributed by atoms with Crippen LogP contribution in [0.5, 0.6) is 0 Å². The number of esters is 1. The van der Waals surface area contributed by atoms with Crippen LogP contribution in [0.4, 0.5) is 0 Å². The Kier molecular flexibility index (Phi) is 6.04. The van der Waals surface area contributed by atoms with Crippen LogP contribution in [0.1, 0.15) is 17.5 Å². The number of methoxy groups -OCH3 is 1. The lowest BCUT2D eigenvalue weighted by atomic mass is 10.1. The van der Waals surface area contributed by atoms with E-state index in [0.717, 1.165) is 34.8 Å². The van der Waals surface area contributed by atoms with E-state index >= 15 is 0 Å². The fourth-order valence-electron chi connectivity index (χ4n) is 3.04. The number of carbonyl (C=O) groups is 1. The van der Waals surface area contributed by atoms with E-state index in [1.165, 1.54) is 12.7 Å². The fraction of sp³-hybridized carbons (Fsp3) is 0.273. The molecule has 0 aliphatic heterocycles. The van der Waals surface area contributed by atoms with Crippen molar-refractivity contribution in [2.45, 2.75) is 19.4 Å². The summed E-state index contributed by atoms with van der Waals surface area (Å²) >= 11 is 0. The predicted octanol–water partition coefficient (Wildman–Crippen LogP) is 3.58. The third-order valence-electron chi connectivity index (χ3n) is 4.56. The Bertz CT molecular complexity index is 896. The molecule has 0 fully saturated rings. The van der Waals surface area contributed by atoms with E-state index in [9.17, 15) is 4.79 Å². The van der Waals surface area contributed by atoms with Crippen molar-refractivity contribution in [3.63, 3.8) is 0 Å². The molecule has 0 bridgehead atoms. The average Bonchev–Trinajstić information content (AvgIpc) is 3.09. The van der Waals surface area contributed by atoms with Crippen molar-refractivity contribution in [2.24, 2.45) is 7.05 Å². The quantitative estimate of drug-likeness (QED) is 0.652. The maximum Gasteiger partial charge on any atom is 0.305 e. The van der Waals surface area contributed by atoms with Crippen LogP contribution < -0.4 is 5.32 Å². The zero-order chi connectivity index (χ0) is 19.2. The summed E-state index contributed by atoms with van der Waals surface area (Å²) in [5.41, 5.74) is 5.47. The maximum absolute atomic E-state index is 11.3. The smallest absolute Gasteiger partial charge is 0.305 e. The molecule has 3 aromatic rings. The monoisotopic (exact) mass is 363 g/mol. The van der Waals surface area contributed by atoms with Crippen molar-refractivity contribution in [3.05, 3.63) is 65.9 Å². The number of aryl methyl sites for hydroxylation is 2. The standard InChI is InChI=1S/C22H25N3O2/c1-23-14-17-6-9-18(10-7-17)20-15-25(2)22(24-20)19-11-4-16(5-12-19)8-13-21(26)27-3/h4-7,9-12,15,23H,8,13-14H2,1-3H3. The first-order valence-corrected chi connectivity index (χ1v) is 9.04. The van der Waals surface area contributed by atoms with Gasteiger partial charge in [-0.2, -0.15) is 0 Å². The Balaban J connectivity index is 1.76. The summed E-state index contributed by atoms with van der Waals surface area (Å²) in [6, 6.07) is 16.6. The highest BCUT2D eigenvalue weighted by Crippen LogP contribution is 2.25. The molecule has 0 atom stereocenters. The van der Waals surface area contributed by atoms with Crippen LogP contribution in [0, 0.1) is 0 Å². The summed E-state index contributed by atoms with van der Waals surface area (Å²) in [5.74, 6) is 0.734. The third kappa shape index (κ3) is 4.63. The minimum absolute atomic E-state index is 0.187. The number of hydrogen-bond acceptors (Lipinski definition) is 4. The molecule has 0 saturated carbocycles. The van der Waals surface area contributed by atoms with Gasteiger partial charge in [-0.3, -0.25) is 4.79 Å². The number of hydrogen-bond donors (Lipinski definition) is 1. The zero-order valence-corrected chi connectivity index (χ0v) is 16.0. The van der Waals surface area contributed by atoms with Gasteiger partial charge in [-0.15, -0.1) is 0 Å². The number of rotatable bonds is 7. The van der Waals surface area contributed by atoms with E-state index in [1.807, 2.05) is 37.0 Å². The lowest BCUT2D eigenvalue weighted by Crippen LogP contribution is -2.04. The van der Waals surface area contributed by atoms with Crippen LogP contribution in [-0.2, 0) is 29.5 Å². The predicted molar refractivity (Wildman–Crippen MR) is 107 cm³/mol. The minimum Gasteiger partial charge on any atom is -0.469 e. The zero-order valence-electron chi connectivity index (χ0n) is 16.0. The molecule has 3 rings (SSSR count). The second kappa shape index (κ2) is 8.64. The average molecular weight is 363 g/mol. The van der Waals surface area contributed by atoms with Crippen LogP contribution in [0.15, 0.2) is 54.7 Å². The van der Waals surface area contributed by atoms with Gasteiger partial charge in [-0.05, 0) is 24.6 Å². The first-order valence-electron chi connectivity index (χ1n) is 9.04. The van der Waals surface area contributed by atoms with Crippen molar-refractivity contribution in [2.75, 3.05) is 14.2 Å². The summed E-state index contributed by atoms with van der Waals surface area (Å²) in [7, 11) is 5.37. The number of benzene rings is 2. The van der Waals surface area contributed by atoms with Crippen molar-refractivity contribution in [1.82, 2.24) is 14.9 Å². The molecule has 0 aliphatic rings. The minimum atomic E-state index is -0.187. The van der Waals surface area contributed by atoms with Gasteiger partial charge in [0, 0.05) is 37.3 Å². The van der Waals surface area contributed by atoms with Crippen LogP contribution >= 0.6 is 0 Å². The van der Waals surface area contributed by atoms with Crippen molar-refractivity contribution < 1.29 is 9.53 Å². The van der Waals surface area contributed by atoms with Gasteiger partial charge >= 0.3 is 5.97 Å². The highest BCUT2D eigenvalue weighted by atomic mass is 16.5. The Morgan fingerprint density at radius 2 is 1.67 bits per heavy atom. The van der Waals surface area contributed by atoms with Gasteiger partial charge in [-0.1, -0.05) is 48.5 Å². The lowest BCUT2D eigenvalue weighted by molar-refractivity contribution is -0.140. The maximum atomic E-state index is 11.3. The molecule has 2 aromatic carbocycles. The Morgan fingerprint density at radius 1 is 1.04 bits per heavy atom. The normalized spacial score (nSPS) is 10.8. The van der Waals surface area contributed by atoms with E-state index in [4.69, 9.17) is 9.72 Å². The molecule has 140 valence electrons. The molecule has 0 radical (unpaired) electrons. The highest BCUT2D eigenvalue weighted by Gasteiger charge is 2.10. The number of nitrogens with zero attached hydrogens (tertiary/aromatic N) is 2. The van der Waals surface area contributed by atoms with Crippen molar-refractivity contribution in [1.29, 1.82) is 0 Å². The van der Waals surface area contributed by atoms with Gasteiger partial charge in [0.2, 0.25) is 0 Å². The van der Waals surface area contributed by atoms with Gasteiger partial charge in [0.05, 0.1) is 12.8 Å². The van der Waals surface area contributed by atoms with Crippen molar-refractivity contribution in [3.8, 4) is 22.6 Å². The number of nitrogens with one attached hydrogen (secondary N) is 1. The number of aromatic nitrogens is 2. The van der Waals surface area contributed by atoms with E-state index in [1.54, 1.807) is 0 Å². The number of carbonyl (C=O) groups excluding carboxylic acids is 1. The first-order chi connectivity index (χ1) is 13.1. The topological polar surface area (TPSA) is 56.2 Å². The largest absolute Gasteiger partial charge is 0.469 e. The van der Waals surface area contributed by atoms with Gasteiger partial charge in [-0.25, -0.2) is 4.98 Å². The number of imidazole rings is 1. The second-order valence-electron chi connectivity index (χ2n) is 6.56. The number of ether oxygens (including phenoxy) is 1. The molecule has 27 heavy (non-hydrogen) atoms. The van der Waals surface area contributed by atoms with Crippen LogP contribution in [-0.4, -0.2) is 29.7 Å². The van der Waals surface area contributed by atoms with E-state index in [0.29, 0.717) is 12.8 Å². The SMILES string of the molecule is CNCc1ccc(-c2cn(C)c(-c3ccc(CCC(=O)OC)cc3)n2)cc1. The second-order valence-corrected chi connectivity index (χ2v) is 6.56. The van der Waals surface area contributed by atoms with E-state index in [-0.39, 0.29) is 5.97 Å². The van der Waals surface area contributed by atoms with Crippen LogP contribution in [0.3, 0.4) is 0 Å². The summed E-state index contributed by atoms with van der Waals surface area (Å²) in [6.07, 6.45) is 3.12. The van der Waals surface area contributed by atoms with Gasteiger partial charge in [0.1, 0.15) is 5.82 Å². The molecule has 1 aromatic heterocycles. The van der Waals surface area contributed by atoms with E-state index < -0.39 is 0 Å². The molecular weight excluding hydrogens is 338 g/mol. The van der Waals surface area contributed by atoms with Gasteiger partial charge in [0.15, 0.2) is 0 Å². The highest BCUT2D eigenvalue weighted by molar-refractivity contribution is 5.69. The lowest BCUT2D eigenvalue weighted by Gasteiger charge is -2.04. The summed E-state index contributed by atoms with van der Waals surface area (Å²) in [4.78, 5) is 16.1. The molecule has 1 N–H and O–H groups in total. The Morgan fingerprint density at radius 3 is 2.30 bits per heavy atom. The van der Waals surface area contributed by atoms with Gasteiger partial charge < -0.3 is 14.6 Å². The molecule has 0 aliphatic carbocycles. The molecule has 5 heteroatoms. The van der Waals surface area contributed by atoms with Crippen LogP contribution in [0.2, 0.25) is 0 Å². The third-order valence-corrected chi connectivity index (χ3v) is 4.56. The molecule has 0 unspecified atom stereocenters. The van der Waals surface area contributed by atoms with Crippen molar-refractivity contribution >= 4 is 5.97 Å². The van der Waals surface area contributed by atoms with Gasteiger partial charge in [0.25, 0.3) is 0 Å². The molecule has 0 spiro atoms. The molecule has 0 saturated heterocycles. The first kappa shape index (κ1) is 18.9. The van der Waals surface area contributed by atoms with E-state index in [2.05, 4.69) is 41.7 Å². The summed E-state index contributed by atoms with van der Waals surface area (Å²) < 4.78 is 6.73. The summed E-state index contributed by atoms with van der Waals surface area (Å²) in [6.45, 7) is 0.857. The molecule has 0 amide bonds. The fourth-order valence-corrected chi connectivity index (χ4v) is 3.04. The summed E-state index contributed by atoms with van der Waals surface area (Å²) in [5, 5.41) is 3.16. The Hall–Kier alpha value is -2.92.